The van der Waals surface area contributed by atoms with Gasteiger partial charge in [0.25, 0.3) is 5.91 Å². The Labute approximate surface area is 167 Å². The fourth-order valence-electron chi connectivity index (χ4n) is 3.53. The lowest BCUT2D eigenvalue weighted by Gasteiger charge is -2.32. The molecule has 1 amide bonds. The molecule has 3 N–H and O–H groups in total. The first-order valence-electron chi connectivity index (χ1n) is 9.42. The number of nitrogens with zero attached hydrogens (tertiary/aromatic N) is 3. The van der Waals surface area contributed by atoms with Gasteiger partial charge in [-0.2, -0.15) is 0 Å². The Morgan fingerprint density at radius 3 is 2.68 bits per heavy atom. The van der Waals surface area contributed by atoms with Crippen molar-refractivity contribution < 1.29 is 10.0 Å². The van der Waals surface area contributed by atoms with Crippen molar-refractivity contribution in [2.24, 2.45) is 5.92 Å². The maximum atomic E-state index is 11.3. The van der Waals surface area contributed by atoms with E-state index in [0.29, 0.717) is 11.9 Å². The van der Waals surface area contributed by atoms with Crippen molar-refractivity contribution >= 4 is 33.3 Å². The van der Waals surface area contributed by atoms with E-state index < -0.39 is 5.91 Å². The van der Waals surface area contributed by atoms with E-state index in [2.05, 4.69) is 50.5 Å². The lowest BCUT2D eigenvalue weighted by Crippen LogP contribution is -2.38. The van der Waals surface area contributed by atoms with Crippen molar-refractivity contribution in [2.45, 2.75) is 19.4 Å². The van der Waals surface area contributed by atoms with Gasteiger partial charge in [0.1, 0.15) is 0 Å². The summed E-state index contributed by atoms with van der Waals surface area (Å²) >= 11 is 1.85. The predicted molar refractivity (Wildman–Crippen MR) is 110 cm³/mol. The average Bonchev–Trinajstić information content (AvgIpc) is 3.16. The number of carbonyl (C=O) groups is 1. The normalized spacial score (nSPS) is 15.1. The second-order valence-corrected chi connectivity index (χ2v) is 8.19. The molecule has 0 saturated carbocycles. The number of carbonyl (C=O) groups excluding carboxylic acids is 1. The largest absolute Gasteiger partial charge is 0.341 e. The monoisotopic (exact) mass is 397 g/mol. The van der Waals surface area contributed by atoms with Gasteiger partial charge in [-0.05, 0) is 42.8 Å². The predicted octanol–water partition coefficient (Wildman–Crippen LogP) is 2.82. The zero-order valence-corrected chi connectivity index (χ0v) is 16.3. The number of hydroxylamine groups is 1. The number of amides is 1. The Balaban J connectivity index is 1.23. The highest BCUT2D eigenvalue weighted by molar-refractivity contribution is 7.19. The first kappa shape index (κ1) is 18.8. The standard InChI is InChI=1S/C20H23N5O2S/c26-19(24-27)16-11-22-20(23-12-16)25-7-5-14(6-8-25)10-21-13-17-9-15-3-1-2-4-18(15)28-17/h1-4,9,11-12,14,21,27H,5-8,10,13H2,(H,24,26). The molecule has 0 spiro atoms. The van der Waals surface area contributed by atoms with Gasteiger partial charge in [-0.1, -0.05) is 18.2 Å². The number of aromatic nitrogens is 2. The van der Waals surface area contributed by atoms with Gasteiger partial charge in [-0.15, -0.1) is 11.3 Å². The minimum Gasteiger partial charge on any atom is -0.341 e. The summed E-state index contributed by atoms with van der Waals surface area (Å²) in [5.74, 6) is 0.672. The van der Waals surface area contributed by atoms with Crippen LogP contribution in [-0.4, -0.2) is 40.7 Å². The van der Waals surface area contributed by atoms with E-state index in [1.165, 1.54) is 27.4 Å². The Morgan fingerprint density at radius 1 is 1.21 bits per heavy atom. The number of hydrogen-bond acceptors (Lipinski definition) is 7. The highest BCUT2D eigenvalue weighted by Crippen LogP contribution is 2.25. The maximum Gasteiger partial charge on any atom is 0.277 e. The molecule has 3 heterocycles. The van der Waals surface area contributed by atoms with Crippen molar-refractivity contribution in [3.8, 4) is 0 Å². The second kappa shape index (κ2) is 8.64. The lowest BCUT2D eigenvalue weighted by atomic mass is 9.97. The van der Waals surface area contributed by atoms with Crippen LogP contribution in [0.25, 0.3) is 10.1 Å². The quantitative estimate of drug-likeness (QED) is 0.438. The number of nitrogens with one attached hydrogen (secondary N) is 2. The van der Waals surface area contributed by atoms with E-state index in [-0.39, 0.29) is 5.56 Å². The molecule has 2 aromatic heterocycles. The van der Waals surface area contributed by atoms with Crippen molar-refractivity contribution in [2.75, 3.05) is 24.5 Å². The van der Waals surface area contributed by atoms with Gasteiger partial charge in [0.05, 0.1) is 5.56 Å². The van der Waals surface area contributed by atoms with Crippen LogP contribution in [-0.2, 0) is 6.54 Å². The van der Waals surface area contributed by atoms with Crippen molar-refractivity contribution in [3.63, 3.8) is 0 Å². The van der Waals surface area contributed by atoms with Gasteiger partial charge in [0.15, 0.2) is 0 Å². The third-order valence-corrected chi connectivity index (χ3v) is 6.22. The number of benzene rings is 1. The smallest absolute Gasteiger partial charge is 0.277 e. The van der Waals surface area contributed by atoms with Crippen molar-refractivity contribution in [1.29, 1.82) is 0 Å². The molecule has 146 valence electrons. The topological polar surface area (TPSA) is 90.4 Å². The number of thiophene rings is 1. The van der Waals surface area contributed by atoms with E-state index in [1.807, 2.05) is 11.3 Å². The Hall–Kier alpha value is -2.55. The molecule has 0 unspecified atom stereocenters. The summed E-state index contributed by atoms with van der Waals surface area (Å²) in [7, 11) is 0. The molecule has 0 radical (unpaired) electrons. The van der Waals surface area contributed by atoms with Gasteiger partial charge in [0.2, 0.25) is 5.95 Å². The van der Waals surface area contributed by atoms with Crippen molar-refractivity contribution in [3.05, 3.63) is 53.2 Å². The molecular weight excluding hydrogens is 374 g/mol. The van der Waals surface area contributed by atoms with Gasteiger partial charge < -0.3 is 10.2 Å². The highest BCUT2D eigenvalue weighted by atomic mass is 32.1. The van der Waals surface area contributed by atoms with E-state index >= 15 is 0 Å². The Morgan fingerprint density at radius 2 is 1.96 bits per heavy atom. The lowest BCUT2D eigenvalue weighted by molar-refractivity contribution is 0.0705. The number of piperidine rings is 1. The molecule has 0 bridgehead atoms. The zero-order chi connectivity index (χ0) is 19.3. The molecule has 1 aromatic carbocycles. The summed E-state index contributed by atoms with van der Waals surface area (Å²) in [5, 5.41) is 13.6. The van der Waals surface area contributed by atoms with E-state index in [4.69, 9.17) is 5.21 Å². The summed E-state index contributed by atoms with van der Waals surface area (Å²) < 4.78 is 1.34. The molecule has 28 heavy (non-hydrogen) atoms. The van der Waals surface area contributed by atoms with Gasteiger partial charge >= 0.3 is 0 Å². The molecule has 0 aliphatic carbocycles. The first-order chi connectivity index (χ1) is 13.7. The minimum absolute atomic E-state index is 0.242. The Bertz CT molecular complexity index is 902. The van der Waals surface area contributed by atoms with Crippen LogP contribution in [0.1, 0.15) is 28.1 Å². The molecule has 3 aromatic rings. The zero-order valence-electron chi connectivity index (χ0n) is 15.5. The van der Waals surface area contributed by atoms with Crippen LogP contribution in [0.15, 0.2) is 42.7 Å². The maximum absolute atomic E-state index is 11.3. The third kappa shape index (κ3) is 4.30. The number of rotatable bonds is 6. The molecule has 1 aliphatic heterocycles. The highest BCUT2D eigenvalue weighted by Gasteiger charge is 2.21. The van der Waals surface area contributed by atoms with Crippen LogP contribution in [0.2, 0.25) is 0 Å². The van der Waals surface area contributed by atoms with Gasteiger partial charge in [-0.3, -0.25) is 10.0 Å². The molecule has 0 atom stereocenters. The minimum atomic E-state index is -0.602. The van der Waals surface area contributed by atoms with Gasteiger partial charge in [-0.25, -0.2) is 15.4 Å². The van der Waals surface area contributed by atoms with Crippen LogP contribution >= 0.6 is 11.3 Å². The second-order valence-electron chi connectivity index (χ2n) is 7.02. The van der Waals surface area contributed by atoms with Gasteiger partial charge in [0, 0.05) is 41.6 Å². The van der Waals surface area contributed by atoms with Crippen LogP contribution < -0.4 is 15.7 Å². The van der Waals surface area contributed by atoms with Crippen LogP contribution in [0.4, 0.5) is 5.95 Å². The molecule has 1 fully saturated rings. The molecule has 7 nitrogen and oxygen atoms in total. The number of fused-ring (bicyclic) bond motifs is 1. The molecular formula is C20H23N5O2S. The summed E-state index contributed by atoms with van der Waals surface area (Å²) in [6.45, 7) is 3.73. The Kier molecular flexibility index (Phi) is 5.80. The van der Waals surface area contributed by atoms with Crippen LogP contribution in [0, 0.1) is 5.92 Å². The fraction of sp³-hybridized carbons (Fsp3) is 0.350. The number of anilines is 1. The third-order valence-electron chi connectivity index (χ3n) is 5.11. The average molecular weight is 398 g/mol. The van der Waals surface area contributed by atoms with E-state index in [0.717, 1.165) is 39.0 Å². The summed E-state index contributed by atoms with van der Waals surface area (Å²) in [5.41, 5.74) is 1.83. The molecule has 1 aliphatic rings. The summed E-state index contributed by atoms with van der Waals surface area (Å²) in [4.78, 5) is 23.3. The van der Waals surface area contributed by atoms with Crippen LogP contribution in [0.3, 0.4) is 0 Å². The van der Waals surface area contributed by atoms with E-state index in [9.17, 15) is 4.79 Å². The molecule has 8 heteroatoms. The molecule has 1 saturated heterocycles. The summed E-state index contributed by atoms with van der Waals surface area (Å²) in [6, 6.07) is 10.8. The van der Waals surface area contributed by atoms with E-state index in [1.54, 1.807) is 5.48 Å². The van der Waals surface area contributed by atoms with Crippen LogP contribution in [0.5, 0.6) is 0 Å². The summed E-state index contributed by atoms with van der Waals surface area (Å²) in [6.07, 6.45) is 5.04. The first-order valence-corrected chi connectivity index (χ1v) is 10.2. The van der Waals surface area contributed by atoms with Crippen molar-refractivity contribution in [1.82, 2.24) is 20.8 Å². The molecule has 4 rings (SSSR count). The fourth-order valence-corrected chi connectivity index (χ4v) is 4.56. The SMILES string of the molecule is O=C(NO)c1cnc(N2CCC(CNCc3cc4ccccc4s3)CC2)nc1. The number of hydrogen-bond donors (Lipinski definition) is 3.